The Morgan fingerprint density at radius 2 is 2.29 bits per heavy atom. The molecule has 0 radical (unpaired) electrons. The van der Waals surface area contributed by atoms with Crippen LogP contribution in [0.15, 0.2) is 18.2 Å². The SMILES string of the molecule is NC(=O)C(O)CNc1ccc(F)cc1[N+](=O)[O-]. The fraction of sp³-hybridized carbons (Fsp3) is 0.222. The second kappa shape index (κ2) is 5.21. The number of anilines is 1. The smallest absolute Gasteiger partial charge is 0.295 e. The maximum Gasteiger partial charge on any atom is 0.295 e. The number of carbonyl (C=O) groups is 1. The molecule has 1 aromatic carbocycles. The highest BCUT2D eigenvalue weighted by Crippen LogP contribution is 2.24. The Balaban J connectivity index is 2.84. The largest absolute Gasteiger partial charge is 0.381 e. The van der Waals surface area contributed by atoms with Gasteiger partial charge in [-0.05, 0) is 12.1 Å². The Hall–Kier alpha value is -2.22. The molecule has 0 saturated heterocycles. The normalized spacial score (nSPS) is 11.9. The molecular formula is C9H10FN3O4. The third kappa shape index (κ3) is 3.38. The summed E-state index contributed by atoms with van der Waals surface area (Å²) in [5.74, 6) is -1.71. The van der Waals surface area contributed by atoms with E-state index in [1.54, 1.807) is 0 Å². The maximum atomic E-state index is 12.8. The van der Waals surface area contributed by atoms with Crippen LogP contribution in [-0.4, -0.2) is 28.6 Å². The number of nitro groups is 1. The molecule has 0 aromatic heterocycles. The number of hydrogen-bond donors (Lipinski definition) is 3. The summed E-state index contributed by atoms with van der Waals surface area (Å²) in [6, 6.07) is 2.89. The van der Waals surface area contributed by atoms with Crippen molar-refractivity contribution in [2.24, 2.45) is 5.73 Å². The molecule has 0 aliphatic carbocycles. The number of carbonyl (C=O) groups excluding carboxylic acids is 1. The molecule has 0 spiro atoms. The van der Waals surface area contributed by atoms with E-state index in [0.717, 1.165) is 18.2 Å². The monoisotopic (exact) mass is 243 g/mol. The van der Waals surface area contributed by atoms with Crippen molar-refractivity contribution in [3.63, 3.8) is 0 Å². The molecule has 0 fully saturated rings. The summed E-state index contributed by atoms with van der Waals surface area (Å²) >= 11 is 0. The van der Waals surface area contributed by atoms with Gasteiger partial charge < -0.3 is 16.2 Å². The van der Waals surface area contributed by atoms with Crippen molar-refractivity contribution in [1.29, 1.82) is 0 Å². The van der Waals surface area contributed by atoms with Gasteiger partial charge in [-0.1, -0.05) is 0 Å². The number of halogens is 1. The van der Waals surface area contributed by atoms with E-state index in [9.17, 15) is 19.3 Å². The van der Waals surface area contributed by atoms with Crippen LogP contribution < -0.4 is 11.1 Å². The molecule has 1 atom stereocenters. The first-order valence-corrected chi connectivity index (χ1v) is 4.57. The second-order valence-electron chi connectivity index (χ2n) is 3.22. The summed E-state index contributed by atoms with van der Waals surface area (Å²) in [6.07, 6.45) is -1.47. The molecule has 0 bridgehead atoms. The first kappa shape index (κ1) is 12.8. The van der Waals surface area contributed by atoms with Crippen LogP contribution in [0.2, 0.25) is 0 Å². The number of aliphatic hydroxyl groups excluding tert-OH is 1. The van der Waals surface area contributed by atoms with Crippen LogP contribution in [0.25, 0.3) is 0 Å². The zero-order chi connectivity index (χ0) is 13.0. The van der Waals surface area contributed by atoms with Crippen molar-refractivity contribution < 1.29 is 19.2 Å². The van der Waals surface area contributed by atoms with Crippen LogP contribution in [0, 0.1) is 15.9 Å². The van der Waals surface area contributed by atoms with Crippen LogP contribution in [-0.2, 0) is 4.79 Å². The van der Waals surface area contributed by atoms with Crippen LogP contribution >= 0.6 is 0 Å². The van der Waals surface area contributed by atoms with Crippen LogP contribution in [0.1, 0.15) is 0 Å². The number of nitrogens with zero attached hydrogens (tertiary/aromatic N) is 1. The number of rotatable bonds is 5. The van der Waals surface area contributed by atoms with Gasteiger partial charge >= 0.3 is 0 Å². The van der Waals surface area contributed by atoms with Crippen molar-refractivity contribution in [3.05, 3.63) is 34.1 Å². The Morgan fingerprint density at radius 1 is 1.65 bits per heavy atom. The Morgan fingerprint density at radius 3 is 2.82 bits per heavy atom. The van der Waals surface area contributed by atoms with Gasteiger partial charge in [0.05, 0.1) is 17.5 Å². The van der Waals surface area contributed by atoms with E-state index in [1.807, 2.05) is 0 Å². The first-order chi connectivity index (χ1) is 7.91. The first-order valence-electron chi connectivity index (χ1n) is 4.57. The molecule has 8 heteroatoms. The number of nitrogens with two attached hydrogens (primary N) is 1. The number of nitrogens with one attached hydrogen (secondary N) is 1. The molecule has 4 N–H and O–H groups in total. The Labute approximate surface area is 95.2 Å². The molecule has 1 unspecified atom stereocenters. The number of primary amides is 1. The van der Waals surface area contributed by atoms with Crippen molar-refractivity contribution in [2.45, 2.75) is 6.10 Å². The lowest BCUT2D eigenvalue weighted by molar-refractivity contribution is -0.384. The summed E-state index contributed by atoms with van der Waals surface area (Å²) in [7, 11) is 0. The minimum absolute atomic E-state index is 0.00306. The van der Waals surface area contributed by atoms with Crippen molar-refractivity contribution in [1.82, 2.24) is 0 Å². The minimum atomic E-state index is -1.47. The highest BCUT2D eigenvalue weighted by atomic mass is 19.1. The molecular weight excluding hydrogens is 233 g/mol. The Kier molecular flexibility index (Phi) is 3.94. The van der Waals surface area contributed by atoms with Gasteiger partial charge in [0, 0.05) is 0 Å². The van der Waals surface area contributed by atoms with E-state index in [-0.39, 0.29) is 12.2 Å². The molecule has 0 saturated carbocycles. The molecule has 0 aliphatic rings. The molecule has 0 aliphatic heterocycles. The average molecular weight is 243 g/mol. The van der Waals surface area contributed by atoms with Gasteiger partial charge in [0.2, 0.25) is 5.91 Å². The van der Waals surface area contributed by atoms with Gasteiger partial charge in [0.15, 0.2) is 0 Å². The number of aliphatic hydroxyl groups is 1. The van der Waals surface area contributed by atoms with Gasteiger partial charge in [-0.15, -0.1) is 0 Å². The molecule has 7 nitrogen and oxygen atoms in total. The zero-order valence-electron chi connectivity index (χ0n) is 8.59. The summed E-state index contributed by atoms with van der Waals surface area (Å²) in [5, 5.41) is 22.1. The van der Waals surface area contributed by atoms with E-state index >= 15 is 0 Å². The molecule has 17 heavy (non-hydrogen) atoms. The summed E-state index contributed by atoms with van der Waals surface area (Å²) in [6.45, 7) is -0.290. The molecule has 1 amide bonds. The lowest BCUT2D eigenvalue weighted by Gasteiger charge is -2.09. The van der Waals surface area contributed by atoms with E-state index in [1.165, 1.54) is 0 Å². The predicted molar refractivity (Wildman–Crippen MR) is 56.7 cm³/mol. The Bertz CT molecular complexity index is 452. The van der Waals surface area contributed by atoms with Crippen molar-refractivity contribution >= 4 is 17.3 Å². The van der Waals surface area contributed by atoms with Crippen molar-refractivity contribution in [3.8, 4) is 0 Å². The summed E-state index contributed by atoms with van der Waals surface area (Å²) in [4.78, 5) is 20.4. The number of benzene rings is 1. The predicted octanol–water partition coefficient (Wildman–Crippen LogP) is -0.00800. The third-order valence-electron chi connectivity index (χ3n) is 1.97. The number of hydrogen-bond acceptors (Lipinski definition) is 5. The van der Waals surface area contributed by atoms with Crippen molar-refractivity contribution in [2.75, 3.05) is 11.9 Å². The van der Waals surface area contributed by atoms with Gasteiger partial charge in [-0.3, -0.25) is 14.9 Å². The van der Waals surface area contributed by atoms with Gasteiger partial charge in [0.1, 0.15) is 17.6 Å². The van der Waals surface area contributed by atoms with E-state index in [0.29, 0.717) is 0 Å². The minimum Gasteiger partial charge on any atom is -0.381 e. The van der Waals surface area contributed by atoms with Gasteiger partial charge in [-0.25, -0.2) is 4.39 Å². The van der Waals surface area contributed by atoms with Gasteiger partial charge in [0.25, 0.3) is 5.69 Å². The van der Waals surface area contributed by atoms with E-state index < -0.39 is 28.4 Å². The fourth-order valence-corrected chi connectivity index (χ4v) is 1.11. The lowest BCUT2D eigenvalue weighted by Crippen LogP contribution is -2.34. The lowest BCUT2D eigenvalue weighted by atomic mass is 10.2. The highest BCUT2D eigenvalue weighted by molar-refractivity contribution is 5.79. The van der Waals surface area contributed by atoms with Crippen LogP contribution in [0.3, 0.4) is 0 Å². The van der Waals surface area contributed by atoms with E-state index in [2.05, 4.69) is 5.32 Å². The molecule has 1 aromatic rings. The topological polar surface area (TPSA) is 118 Å². The molecule has 0 heterocycles. The number of nitro benzene ring substituents is 1. The number of amides is 1. The average Bonchev–Trinajstić information content (AvgIpc) is 2.26. The summed E-state index contributed by atoms with van der Waals surface area (Å²) < 4.78 is 12.8. The standard InChI is InChI=1S/C9H10FN3O4/c10-5-1-2-6(7(3-5)13(16)17)12-4-8(14)9(11)15/h1-3,8,12,14H,4H2,(H2,11,15). The maximum absolute atomic E-state index is 12.8. The second-order valence-corrected chi connectivity index (χ2v) is 3.22. The van der Waals surface area contributed by atoms with E-state index in [4.69, 9.17) is 10.8 Å². The van der Waals surface area contributed by atoms with Crippen LogP contribution in [0.5, 0.6) is 0 Å². The third-order valence-corrected chi connectivity index (χ3v) is 1.97. The van der Waals surface area contributed by atoms with Gasteiger partial charge in [-0.2, -0.15) is 0 Å². The zero-order valence-corrected chi connectivity index (χ0v) is 8.59. The van der Waals surface area contributed by atoms with Crippen LogP contribution in [0.4, 0.5) is 15.8 Å². The highest BCUT2D eigenvalue weighted by Gasteiger charge is 2.17. The molecule has 1 rings (SSSR count). The quantitative estimate of drug-likeness (QED) is 0.496. The summed E-state index contributed by atoms with van der Waals surface area (Å²) in [5.41, 5.74) is 4.31. The molecule has 92 valence electrons. The fourth-order valence-electron chi connectivity index (χ4n) is 1.11.